The number of hydrogen-bond donors (Lipinski definition) is 0. The molecule has 0 N–H and O–H groups in total. The van der Waals surface area contributed by atoms with Gasteiger partial charge in [-0.05, 0) is 55.8 Å². The summed E-state index contributed by atoms with van der Waals surface area (Å²) < 4.78 is 46.0. The molecule has 1 aliphatic rings. The van der Waals surface area contributed by atoms with Gasteiger partial charge in [0.2, 0.25) is 0 Å². The number of carbonyl (C=O) groups excluding carboxylic acids is 2. The highest BCUT2D eigenvalue weighted by atomic mass is 35.5. The number of amides is 3. The second-order valence-electron chi connectivity index (χ2n) is 8.08. The summed E-state index contributed by atoms with van der Waals surface area (Å²) in [6, 6.07) is 12.4. The van der Waals surface area contributed by atoms with Gasteiger partial charge in [0.1, 0.15) is 11.8 Å². The number of carbonyl (C=O) groups is 2. The van der Waals surface area contributed by atoms with E-state index in [9.17, 15) is 22.8 Å². The summed E-state index contributed by atoms with van der Waals surface area (Å²) >= 11 is 5.92. The van der Waals surface area contributed by atoms with Crippen LogP contribution in [0, 0.1) is 17.2 Å². The molecule has 0 radical (unpaired) electrons. The zero-order chi connectivity index (χ0) is 29.9. The Balaban J connectivity index is 0.000000611. The molecular weight excluding hydrogens is 551 g/mol. The molecule has 3 amide bonds. The second-order valence-corrected chi connectivity index (χ2v) is 8.51. The third kappa shape index (κ3) is 9.13. The van der Waals surface area contributed by atoms with Crippen LogP contribution in [0.15, 0.2) is 70.3 Å². The molecule has 0 saturated heterocycles. The lowest BCUT2D eigenvalue weighted by atomic mass is 10.00. The lowest BCUT2D eigenvalue weighted by molar-refractivity contribution is -0.274. The fourth-order valence-electron chi connectivity index (χ4n) is 3.40. The number of imide groups is 1. The number of allylic oxidation sites excluding steroid dienone is 2. The van der Waals surface area contributed by atoms with Crippen LogP contribution in [0.3, 0.4) is 0 Å². The summed E-state index contributed by atoms with van der Waals surface area (Å²) in [7, 11) is 1.64. The van der Waals surface area contributed by atoms with E-state index in [2.05, 4.69) is 14.8 Å². The van der Waals surface area contributed by atoms with Crippen LogP contribution in [-0.4, -0.2) is 55.6 Å². The van der Waals surface area contributed by atoms with Gasteiger partial charge in [0.25, 0.3) is 0 Å². The van der Waals surface area contributed by atoms with Crippen molar-refractivity contribution in [2.75, 3.05) is 25.1 Å². The Bertz CT molecular complexity index is 1300. The predicted molar refractivity (Wildman–Crippen MR) is 146 cm³/mol. The van der Waals surface area contributed by atoms with Crippen molar-refractivity contribution < 1.29 is 32.2 Å². The first-order chi connectivity index (χ1) is 18.9. The molecule has 0 aromatic heterocycles. The topological polar surface area (TPSA) is 108 Å². The molecule has 13 heteroatoms. The first-order valence-electron chi connectivity index (χ1n) is 11.9. The van der Waals surface area contributed by atoms with E-state index in [1.54, 1.807) is 51.2 Å². The molecule has 1 aliphatic heterocycles. The standard InChI is InChI=1S/C21H19ClF3N3O4.C6H8N2/c1-3-31-20(30)28(16-8-10-17(11-9-16)32-21(23,24)25)19(29)27-12-13(2)18(26-27)14-4-6-15(22)7-5-14;1-3-6(4-7)5-8-2/h4-11,13H,3,12H2,1-2H3;3,5H,1-2H3/b;6-3-,8-5?. The van der Waals surface area contributed by atoms with E-state index in [4.69, 9.17) is 21.6 Å². The maximum Gasteiger partial charge on any atom is 0.573 e. The van der Waals surface area contributed by atoms with Crippen LogP contribution < -0.4 is 9.64 Å². The molecule has 1 atom stereocenters. The van der Waals surface area contributed by atoms with E-state index < -0.39 is 24.2 Å². The fraction of sp³-hybridized carbons (Fsp3) is 0.296. The third-order valence-corrected chi connectivity index (χ3v) is 5.43. The van der Waals surface area contributed by atoms with Crippen LogP contribution in [-0.2, 0) is 4.74 Å². The van der Waals surface area contributed by atoms with Gasteiger partial charge in [-0.15, -0.1) is 13.2 Å². The van der Waals surface area contributed by atoms with E-state index in [0.29, 0.717) is 21.2 Å². The Morgan fingerprint density at radius 2 is 1.85 bits per heavy atom. The Hall–Kier alpha value is -4.37. The van der Waals surface area contributed by atoms with Crippen LogP contribution in [0.4, 0.5) is 28.4 Å². The van der Waals surface area contributed by atoms with Crippen LogP contribution in [0.2, 0.25) is 5.02 Å². The molecule has 3 rings (SSSR count). The molecule has 2 aromatic carbocycles. The zero-order valence-electron chi connectivity index (χ0n) is 22.1. The van der Waals surface area contributed by atoms with Gasteiger partial charge in [-0.2, -0.15) is 15.3 Å². The highest BCUT2D eigenvalue weighted by Crippen LogP contribution is 2.28. The minimum atomic E-state index is -4.86. The Morgan fingerprint density at radius 3 is 2.33 bits per heavy atom. The quantitative estimate of drug-likeness (QED) is 0.286. The first-order valence-corrected chi connectivity index (χ1v) is 12.3. The molecule has 0 aliphatic carbocycles. The van der Waals surface area contributed by atoms with Gasteiger partial charge >= 0.3 is 18.5 Å². The number of hydrazone groups is 1. The molecule has 0 fully saturated rings. The maximum atomic E-state index is 13.2. The number of ether oxygens (including phenoxy) is 2. The molecule has 9 nitrogen and oxygen atoms in total. The summed E-state index contributed by atoms with van der Waals surface area (Å²) in [4.78, 5) is 30.0. The van der Waals surface area contributed by atoms with Gasteiger partial charge in [-0.1, -0.05) is 36.7 Å². The van der Waals surface area contributed by atoms with E-state index in [-0.39, 0.29) is 24.8 Å². The molecule has 0 bridgehead atoms. The summed E-state index contributed by atoms with van der Waals surface area (Å²) in [5.41, 5.74) is 2.01. The molecule has 1 unspecified atom stereocenters. The lowest BCUT2D eigenvalue weighted by Gasteiger charge is -2.24. The second kappa shape index (κ2) is 14.7. The van der Waals surface area contributed by atoms with Crippen molar-refractivity contribution in [1.82, 2.24) is 5.01 Å². The number of alkyl halides is 3. The number of halogens is 4. The van der Waals surface area contributed by atoms with Gasteiger partial charge in [-0.25, -0.2) is 14.6 Å². The van der Waals surface area contributed by atoms with Crippen molar-refractivity contribution >= 4 is 41.3 Å². The number of aliphatic imine (C=N–C) groups is 1. The van der Waals surface area contributed by atoms with Crippen molar-refractivity contribution in [2.24, 2.45) is 16.0 Å². The minimum Gasteiger partial charge on any atom is -0.449 e. The Kier molecular flexibility index (Phi) is 11.7. The van der Waals surface area contributed by atoms with Crippen molar-refractivity contribution in [3.8, 4) is 11.8 Å². The molecule has 0 spiro atoms. The Labute approximate surface area is 234 Å². The predicted octanol–water partition coefficient (Wildman–Crippen LogP) is 6.83. The fourth-order valence-corrected chi connectivity index (χ4v) is 3.53. The number of rotatable bonds is 5. The molecule has 40 heavy (non-hydrogen) atoms. The van der Waals surface area contributed by atoms with Crippen LogP contribution in [0.25, 0.3) is 0 Å². The van der Waals surface area contributed by atoms with E-state index >= 15 is 0 Å². The maximum absolute atomic E-state index is 13.2. The van der Waals surface area contributed by atoms with E-state index in [0.717, 1.165) is 34.8 Å². The number of hydrogen-bond acceptors (Lipinski definition) is 7. The van der Waals surface area contributed by atoms with Gasteiger partial charge in [-0.3, -0.25) is 4.99 Å². The lowest BCUT2D eigenvalue weighted by Crippen LogP contribution is -2.44. The number of nitriles is 1. The Morgan fingerprint density at radius 1 is 1.23 bits per heavy atom. The summed E-state index contributed by atoms with van der Waals surface area (Å²) in [6.07, 6.45) is -2.60. The number of anilines is 1. The number of nitrogens with zero attached hydrogens (tertiary/aromatic N) is 5. The molecule has 2 aromatic rings. The molecule has 212 valence electrons. The zero-order valence-corrected chi connectivity index (χ0v) is 22.9. The smallest absolute Gasteiger partial charge is 0.449 e. The molecule has 0 saturated carbocycles. The van der Waals surface area contributed by atoms with Gasteiger partial charge in [0.05, 0.1) is 30.1 Å². The van der Waals surface area contributed by atoms with E-state index in [1.165, 1.54) is 6.21 Å². The van der Waals surface area contributed by atoms with Gasteiger partial charge in [0, 0.05) is 24.2 Å². The molecular formula is C27H27ClF3N5O4. The summed E-state index contributed by atoms with van der Waals surface area (Å²) in [5.74, 6) is -0.623. The van der Waals surface area contributed by atoms with Crippen molar-refractivity contribution in [3.63, 3.8) is 0 Å². The third-order valence-electron chi connectivity index (χ3n) is 5.18. The minimum absolute atomic E-state index is 0.00534. The van der Waals surface area contributed by atoms with Gasteiger partial charge < -0.3 is 9.47 Å². The number of urea groups is 1. The average Bonchev–Trinajstić information content (AvgIpc) is 3.30. The van der Waals surface area contributed by atoms with Crippen molar-refractivity contribution in [2.45, 2.75) is 27.1 Å². The summed E-state index contributed by atoms with van der Waals surface area (Å²) in [6.45, 7) is 5.43. The number of benzene rings is 2. The van der Waals surface area contributed by atoms with Gasteiger partial charge in [0.15, 0.2) is 0 Å². The SMILES string of the molecule is C/C=C(/C#N)C=NC.CCOC(=O)N(C(=O)N1CC(C)C(c2ccc(Cl)cc2)=N1)c1ccc(OC(F)(F)F)cc1. The molecule has 1 heterocycles. The van der Waals surface area contributed by atoms with Crippen molar-refractivity contribution in [1.29, 1.82) is 5.26 Å². The first kappa shape index (κ1) is 31.8. The average molecular weight is 578 g/mol. The normalized spacial score (nSPS) is 15.1. The van der Waals surface area contributed by atoms with Crippen molar-refractivity contribution in [3.05, 3.63) is 70.8 Å². The summed E-state index contributed by atoms with van der Waals surface area (Å²) in [5, 5.41) is 14.3. The van der Waals surface area contributed by atoms with Crippen LogP contribution in [0.1, 0.15) is 26.3 Å². The highest BCUT2D eigenvalue weighted by molar-refractivity contribution is 6.30. The monoisotopic (exact) mass is 577 g/mol. The largest absolute Gasteiger partial charge is 0.573 e. The van der Waals surface area contributed by atoms with Crippen LogP contribution >= 0.6 is 11.6 Å². The van der Waals surface area contributed by atoms with Crippen LogP contribution in [0.5, 0.6) is 5.75 Å². The van der Waals surface area contributed by atoms with E-state index in [1.807, 2.05) is 13.0 Å². The highest BCUT2D eigenvalue weighted by Gasteiger charge is 2.35.